The summed E-state index contributed by atoms with van der Waals surface area (Å²) in [5, 5.41) is 9.23. The summed E-state index contributed by atoms with van der Waals surface area (Å²) in [4.78, 5) is 2.37. The van der Waals surface area contributed by atoms with Gasteiger partial charge in [0.2, 0.25) is 0 Å². The van der Waals surface area contributed by atoms with E-state index in [4.69, 9.17) is 0 Å². The van der Waals surface area contributed by atoms with Gasteiger partial charge in [-0.1, -0.05) is 6.92 Å². The molecule has 0 saturated carbocycles. The van der Waals surface area contributed by atoms with Gasteiger partial charge >= 0.3 is 0 Å². The van der Waals surface area contributed by atoms with E-state index in [0.29, 0.717) is 0 Å². The van der Waals surface area contributed by atoms with Crippen LogP contribution in [-0.2, 0) is 0 Å². The molecule has 0 aliphatic carbocycles. The van der Waals surface area contributed by atoms with Crippen molar-refractivity contribution in [3.63, 3.8) is 0 Å². The Morgan fingerprint density at radius 1 is 1.67 bits per heavy atom. The van der Waals surface area contributed by atoms with Gasteiger partial charge in [-0.3, -0.25) is 4.90 Å². The van der Waals surface area contributed by atoms with E-state index < -0.39 is 0 Å². The Labute approximate surface area is 79.3 Å². The van der Waals surface area contributed by atoms with Gasteiger partial charge in [0.15, 0.2) is 0 Å². The molecule has 1 rings (SSSR count). The van der Waals surface area contributed by atoms with Gasteiger partial charge in [-0.25, -0.2) is 0 Å². The summed E-state index contributed by atoms with van der Waals surface area (Å²) in [5.41, 5.74) is 0. The molecule has 1 heterocycles. The lowest BCUT2D eigenvalue weighted by molar-refractivity contribution is 0.125. The third-order valence-electron chi connectivity index (χ3n) is 2.05. The van der Waals surface area contributed by atoms with E-state index in [1.54, 1.807) is 0 Å². The number of aliphatic hydroxyl groups is 1. The number of β-amino-alcohol motifs (C(OH)–C–C–N with tert-alkyl or cyclic N) is 1. The van der Waals surface area contributed by atoms with Gasteiger partial charge in [0.25, 0.3) is 0 Å². The third kappa shape index (κ3) is 3.78. The molecule has 2 nitrogen and oxygen atoms in total. The van der Waals surface area contributed by atoms with Gasteiger partial charge in [-0.2, -0.15) is 11.8 Å². The van der Waals surface area contributed by atoms with Crippen molar-refractivity contribution in [3.05, 3.63) is 0 Å². The topological polar surface area (TPSA) is 23.5 Å². The van der Waals surface area contributed by atoms with Crippen molar-refractivity contribution < 1.29 is 5.11 Å². The minimum atomic E-state index is -0.180. The summed E-state index contributed by atoms with van der Waals surface area (Å²) in [7, 11) is 0. The maximum atomic E-state index is 9.23. The fraction of sp³-hybridized carbons (Fsp3) is 1.00. The number of hydrogen-bond donors (Lipinski definition) is 1. The Hall–Kier alpha value is 0.270. The maximum absolute atomic E-state index is 9.23. The molecular formula is C9H19NOS. The van der Waals surface area contributed by atoms with Crippen molar-refractivity contribution in [3.8, 4) is 0 Å². The van der Waals surface area contributed by atoms with E-state index in [-0.39, 0.29) is 6.10 Å². The molecule has 0 spiro atoms. The number of aliphatic hydroxyl groups excluding tert-OH is 1. The van der Waals surface area contributed by atoms with Gasteiger partial charge in [0.05, 0.1) is 6.10 Å². The largest absolute Gasteiger partial charge is 0.392 e. The number of hydrogen-bond acceptors (Lipinski definition) is 3. The van der Waals surface area contributed by atoms with Gasteiger partial charge in [0.1, 0.15) is 0 Å². The van der Waals surface area contributed by atoms with Crippen LogP contribution in [0.3, 0.4) is 0 Å². The van der Waals surface area contributed by atoms with Crippen LogP contribution in [0.2, 0.25) is 0 Å². The first kappa shape index (κ1) is 10.4. The van der Waals surface area contributed by atoms with Crippen LogP contribution in [0.15, 0.2) is 0 Å². The standard InChI is InChI=1S/C9H19NOS/c1-8-5-10(6-9(2)11)3-4-12-7-8/h8-9,11H,3-7H2,1-2H3/t8?,9-/m0/s1. The van der Waals surface area contributed by atoms with Crippen LogP contribution in [0, 0.1) is 5.92 Å². The van der Waals surface area contributed by atoms with Crippen LogP contribution < -0.4 is 0 Å². The molecule has 0 aromatic rings. The summed E-state index contributed by atoms with van der Waals surface area (Å²) in [6, 6.07) is 0. The van der Waals surface area contributed by atoms with Crippen molar-refractivity contribution in [1.82, 2.24) is 4.90 Å². The van der Waals surface area contributed by atoms with E-state index >= 15 is 0 Å². The molecule has 12 heavy (non-hydrogen) atoms. The molecule has 0 aromatic carbocycles. The highest BCUT2D eigenvalue weighted by Gasteiger charge is 2.15. The van der Waals surface area contributed by atoms with Gasteiger partial charge in [-0.05, 0) is 18.6 Å². The summed E-state index contributed by atoms with van der Waals surface area (Å²) < 4.78 is 0. The molecule has 2 atom stereocenters. The van der Waals surface area contributed by atoms with Crippen molar-refractivity contribution in [2.24, 2.45) is 5.92 Å². The first-order valence-electron chi connectivity index (χ1n) is 4.66. The van der Waals surface area contributed by atoms with Crippen molar-refractivity contribution >= 4 is 11.8 Å². The van der Waals surface area contributed by atoms with Crippen molar-refractivity contribution in [1.29, 1.82) is 0 Å². The maximum Gasteiger partial charge on any atom is 0.0639 e. The summed E-state index contributed by atoms with van der Waals surface area (Å²) >= 11 is 2.03. The quantitative estimate of drug-likeness (QED) is 0.702. The van der Waals surface area contributed by atoms with Crippen molar-refractivity contribution in [2.45, 2.75) is 20.0 Å². The van der Waals surface area contributed by atoms with Crippen LogP contribution in [-0.4, -0.2) is 47.3 Å². The zero-order valence-corrected chi connectivity index (χ0v) is 8.81. The Kier molecular flexibility index (Phi) is 4.40. The molecule has 3 heteroatoms. The Bertz CT molecular complexity index is 130. The summed E-state index contributed by atoms with van der Waals surface area (Å²) in [5.74, 6) is 3.27. The fourth-order valence-electron chi connectivity index (χ4n) is 1.60. The number of rotatable bonds is 2. The Morgan fingerprint density at radius 3 is 3.08 bits per heavy atom. The highest BCUT2D eigenvalue weighted by Crippen LogP contribution is 2.15. The average molecular weight is 189 g/mol. The zero-order valence-electron chi connectivity index (χ0n) is 7.99. The molecule has 1 fully saturated rings. The molecule has 1 saturated heterocycles. The van der Waals surface area contributed by atoms with Gasteiger partial charge in [0, 0.05) is 25.4 Å². The van der Waals surface area contributed by atoms with Crippen LogP contribution in [0.4, 0.5) is 0 Å². The highest BCUT2D eigenvalue weighted by molar-refractivity contribution is 7.99. The highest BCUT2D eigenvalue weighted by atomic mass is 32.2. The monoisotopic (exact) mass is 189 g/mol. The molecule has 72 valence electrons. The van der Waals surface area contributed by atoms with Crippen LogP contribution in [0.5, 0.6) is 0 Å². The lowest BCUT2D eigenvalue weighted by atomic mass is 10.2. The molecule has 1 N–H and O–H groups in total. The molecule has 0 aromatic heterocycles. The lowest BCUT2D eigenvalue weighted by Gasteiger charge is -2.22. The molecule has 0 bridgehead atoms. The van der Waals surface area contributed by atoms with E-state index in [1.807, 2.05) is 18.7 Å². The molecule has 0 radical (unpaired) electrons. The SMILES string of the molecule is CC1CSCCN(C[C@H](C)O)C1. The minimum absolute atomic E-state index is 0.180. The van der Waals surface area contributed by atoms with E-state index in [9.17, 15) is 5.11 Å². The predicted molar refractivity (Wildman–Crippen MR) is 54.6 cm³/mol. The summed E-state index contributed by atoms with van der Waals surface area (Å²) in [6.45, 7) is 7.28. The third-order valence-corrected chi connectivity index (χ3v) is 3.32. The van der Waals surface area contributed by atoms with Crippen LogP contribution >= 0.6 is 11.8 Å². The fourth-order valence-corrected chi connectivity index (χ4v) is 2.66. The first-order valence-corrected chi connectivity index (χ1v) is 5.82. The van der Waals surface area contributed by atoms with Crippen molar-refractivity contribution in [2.75, 3.05) is 31.1 Å². The molecular weight excluding hydrogens is 170 g/mol. The predicted octanol–water partition coefficient (Wildman–Crippen LogP) is 1.05. The summed E-state index contributed by atoms with van der Waals surface area (Å²) in [6.07, 6.45) is -0.180. The zero-order chi connectivity index (χ0) is 8.97. The first-order chi connectivity index (χ1) is 5.68. The molecule has 1 unspecified atom stereocenters. The second-order valence-electron chi connectivity index (χ2n) is 3.79. The second kappa shape index (κ2) is 5.10. The van der Waals surface area contributed by atoms with E-state index in [0.717, 1.165) is 25.6 Å². The Balaban J connectivity index is 2.31. The lowest BCUT2D eigenvalue weighted by Crippen LogP contribution is -2.34. The number of thioether (sulfide) groups is 1. The molecule has 1 aliphatic heterocycles. The van der Waals surface area contributed by atoms with Crippen LogP contribution in [0.1, 0.15) is 13.8 Å². The Morgan fingerprint density at radius 2 is 2.42 bits per heavy atom. The average Bonchev–Trinajstić information content (AvgIpc) is 2.12. The normalized spacial score (nSPS) is 29.8. The van der Waals surface area contributed by atoms with E-state index in [2.05, 4.69) is 11.8 Å². The molecule has 1 aliphatic rings. The van der Waals surface area contributed by atoms with Gasteiger partial charge in [-0.15, -0.1) is 0 Å². The molecule has 0 amide bonds. The van der Waals surface area contributed by atoms with E-state index in [1.165, 1.54) is 11.5 Å². The van der Waals surface area contributed by atoms with Gasteiger partial charge < -0.3 is 5.11 Å². The smallest absolute Gasteiger partial charge is 0.0639 e. The number of nitrogens with zero attached hydrogens (tertiary/aromatic N) is 1. The minimum Gasteiger partial charge on any atom is -0.392 e. The van der Waals surface area contributed by atoms with Crippen LogP contribution in [0.25, 0.3) is 0 Å². The second-order valence-corrected chi connectivity index (χ2v) is 4.94.